The van der Waals surface area contributed by atoms with E-state index in [0.717, 1.165) is 22.3 Å². The van der Waals surface area contributed by atoms with E-state index in [1.54, 1.807) is 0 Å². The molecule has 2 rings (SSSR count). The highest BCUT2D eigenvalue weighted by atomic mass is 79.9. The van der Waals surface area contributed by atoms with Crippen molar-refractivity contribution in [2.75, 3.05) is 17.6 Å². The average molecular weight is 345 g/mol. The van der Waals surface area contributed by atoms with Crippen LogP contribution in [-0.2, 0) is 0 Å². The first-order chi connectivity index (χ1) is 8.66. The monoisotopic (exact) mass is 344 g/mol. The van der Waals surface area contributed by atoms with Gasteiger partial charge in [0.05, 0.1) is 0 Å². The van der Waals surface area contributed by atoms with Crippen molar-refractivity contribution >= 4 is 50.6 Å². The molecule has 1 aromatic carbocycles. The lowest BCUT2D eigenvalue weighted by Gasteiger charge is -2.22. The van der Waals surface area contributed by atoms with E-state index in [1.807, 2.05) is 18.2 Å². The van der Waals surface area contributed by atoms with Crippen molar-refractivity contribution < 1.29 is 0 Å². The summed E-state index contributed by atoms with van der Waals surface area (Å²) in [5, 5.41) is 4.19. The number of thioether (sulfide) groups is 1. The first-order valence-electron chi connectivity index (χ1n) is 6.11. The summed E-state index contributed by atoms with van der Waals surface area (Å²) >= 11 is 10.6. The van der Waals surface area contributed by atoms with E-state index in [0.29, 0.717) is 10.2 Å². The van der Waals surface area contributed by atoms with Gasteiger partial charge in [0.15, 0.2) is 0 Å². The van der Waals surface area contributed by atoms with E-state index < -0.39 is 0 Å². The standard InChI is InChI=1S/C13H17BrN2S2/c14-9-4-5-11(13(15)17)12(7-9)16-8-10-3-1-2-6-18-10/h4-5,7,10,16H,1-3,6,8H2,(H2,15,17). The van der Waals surface area contributed by atoms with Gasteiger partial charge in [-0.3, -0.25) is 0 Å². The largest absolute Gasteiger partial charge is 0.389 e. The molecular weight excluding hydrogens is 328 g/mol. The summed E-state index contributed by atoms with van der Waals surface area (Å²) < 4.78 is 1.04. The number of nitrogens with one attached hydrogen (secondary N) is 1. The maximum atomic E-state index is 5.74. The van der Waals surface area contributed by atoms with Crippen LogP contribution in [0.5, 0.6) is 0 Å². The second kappa shape index (κ2) is 6.78. The van der Waals surface area contributed by atoms with E-state index in [9.17, 15) is 0 Å². The second-order valence-electron chi connectivity index (χ2n) is 4.42. The normalized spacial score (nSPS) is 19.5. The zero-order valence-electron chi connectivity index (χ0n) is 10.1. The van der Waals surface area contributed by atoms with E-state index >= 15 is 0 Å². The molecule has 1 atom stereocenters. The maximum Gasteiger partial charge on any atom is 0.106 e. The van der Waals surface area contributed by atoms with Gasteiger partial charge < -0.3 is 11.1 Å². The van der Waals surface area contributed by atoms with Gasteiger partial charge >= 0.3 is 0 Å². The summed E-state index contributed by atoms with van der Waals surface area (Å²) in [6.07, 6.45) is 4.00. The lowest BCUT2D eigenvalue weighted by atomic mass is 10.1. The predicted molar refractivity (Wildman–Crippen MR) is 88.6 cm³/mol. The summed E-state index contributed by atoms with van der Waals surface area (Å²) in [6.45, 7) is 0.983. The topological polar surface area (TPSA) is 38.0 Å². The smallest absolute Gasteiger partial charge is 0.106 e. The molecule has 1 aliphatic heterocycles. The first kappa shape index (κ1) is 14.2. The Kier molecular flexibility index (Phi) is 5.33. The molecule has 2 nitrogen and oxygen atoms in total. The molecule has 0 aromatic heterocycles. The molecule has 0 aliphatic carbocycles. The molecule has 1 fully saturated rings. The van der Waals surface area contributed by atoms with E-state index in [1.165, 1.54) is 25.0 Å². The number of hydrogen-bond donors (Lipinski definition) is 2. The Morgan fingerprint density at radius 2 is 2.33 bits per heavy atom. The molecule has 1 aliphatic rings. The van der Waals surface area contributed by atoms with E-state index in [4.69, 9.17) is 18.0 Å². The first-order valence-corrected chi connectivity index (χ1v) is 8.36. The van der Waals surface area contributed by atoms with Crippen LogP contribution in [0.1, 0.15) is 24.8 Å². The molecule has 1 aromatic rings. The quantitative estimate of drug-likeness (QED) is 0.815. The predicted octanol–water partition coefficient (Wildman–Crippen LogP) is 3.78. The van der Waals surface area contributed by atoms with Crippen molar-refractivity contribution in [3.05, 3.63) is 28.2 Å². The van der Waals surface area contributed by atoms with Gasteiger partial charge in [0.2, 0.25) is 0 Å². The zero-order valence-corrected chi connectivity index (χ0v) is 13.3. The second-order valence-corrected chi connectivity index (χ2v) is 7.19. The highest BCUT2D eigenvalue weighted by molar-refractivity contribution is 9.10. The molecular formula is C13H17BrN2S2. The third-order valence-electron chi connectivity index (χ3n) is 3.04. The Morgan fingerprint density at radius 1 is 1.50 bits per heavy atom. The number of rotatable bonds is 4. The van der Waals surface area contributed by atoms with Crippen molar-refractivity contribution in [3.63, 3.8) is 0 Å². The third-order valence-corrected chi connectivity index (χ3v) is 5.15. The average Bonchev–Trinajstić information content (AvgIpc) is 2.37. The molecule has 0 spiro atoms. The molecule has 0 bridgehead atoms. The summed E-state index contributed by atoms with van der Waals surface area (Å²) in [5.74, 6) is 1.28. The van der Waals surface area contributed by atoms with Gasteiger partial charge in [0.1, 0.15) is 4.99 Å². The molecule has 5 heteroatoms. The summed E-state index contributed by atoms with van der Waals surface area (Å²) in [4.78, 5) is 0.446. The van der Waals surface area contributed by atoms with Crippen LogP contribution in [0.3, 0.4) is 0 Å². The minimum Gasteiger partial charge on any atom is -0.389 e. The van der Waals surface area contributed by atoms with Crippen LogP contribution in [0.2, 0.25) is 0 Å². The van der Waals surface area contributed by atoms with Crippen LogP contribution in [-0.4, -0.2) is 22.5 Å². The van der Waals surface area contributed by atoms with Gasteiger partial charge in [-0.05, 0) is 36.8 Å². The van der Waals surface area contributed by atoms with Gasteiger partial charge in [0, 0.05) is 27.5 Å². The fourth-order valence-corrected chi connectivity index (χ4v) is 3.85. The number of benzene rings is 1. The number of nitrogens with two attached hydrogens (primary N) is 1. The Balaban J connectivity index is 2.03. The third kappa shape index (κ3) is 3.87. The fraction of sp³-hybridized carbons (Fsp3) is 0.462. The Morgan fingerprint density at radius 3 is 3.00 bits per heavy atom. The number of halogens is 1. The molecule has 18 heavy (non-hydrogen) atoms. The van der Waals surface area contributed by atoms with Crippen LogP contribution in [0.15, 0.2) is 22.7 Å². The Hall–Kier alpha value is -0.260. The van der Waals surface area contributed by atoms with Gasteiger partial charge in [-0.25, -0.2) is 0 Å². The van der Waals surface area contributed by atoms with Crippen LogP contribution in [0, 0.1) is 0 Å². The maximum absolute atomic E-state index is 5.74. The molecule has 0 saturated carbocycles. The zero-order chi connectivity index (χ0) is 13.0. The van der Waals surface area contributed by atoms with Gasteiger partial charge in [-0.2, -0.15) is 11.8 Å². The highest BCUT2D eigenvalue weighted by Crippen LogP contribution is 2.27. The molecule has 1 unspecified atom stereocenters. The molecule has 3 N–H and O–H groups in total. The van der Waals surface area contributed by atoms with Crippen molar-refractivity contribution in [2.45, 2.75) is 24.5 Å². The highest BCUT2D eigenvalue weighted by Gasteiger charge is 2.14. The number of anilines is 1. The van der Waals surface area contributed by atoms with Crippen LogP contribution >= 0.6 is 39.9 Å². The fourth-order valence-electron chi connectivity index (χ4n) is 2.07. The Bertz CT molecular complexity index is 431. The van der Waals surface area contributed by atoms with E-state index in [-0.39, 0.29) is 0 Å². The van der Waals surface area contributed by atoms with Crippen molar-refractivity contribution in [2.24, 2.45) is 5.73 Å². The Labute approximate surface area is 126 Å². The summed E-state index contributed by atoms with van der Waals surface area (Å²) in [5.41, 5.74) is 7.70. The van der Waals surface area contributed by atoms with Crippen molar-refractivity contribution in [1.82, 2.24) is 0 Å². The molecule has 1 saturated heterocycles. The molecule has 1 heterocycles. The minimum absolute atomic E-state index is 0.446. The number of thiocarbonyl (C=S) groups is 1. The van der Waals surface area contributed by atoms with Gasteiger partial charge in [-0.1, -0.05) is 34.6 Å². The lowest BCUT2D eigenvalue weighted by molar-refractivity contribution is 0.677. The summed E-state index contributed by atoms with van der Waals surface area (Å²) in [6, 6.07) is 5.97. The van der Waals surface area contributed by atoms with Crippen LogP contribution in [0.25, 0.3) is 0 Å². The van der Waals surface area contributed by atoms with Crippen molar-refractivity contribution in [1.29, 1.82) is 0 Å². The van der Waals surface area contributed by atoms with Gasteiger partial charge in [-0.15, -0.1) is 0 Å². The van der Waals surface area contributed by atoms with E-state index in [2.05, 4.69) is 33.0 Å². The molecule has 0 amide bonds. The molecule has 0 radical (unpaired) electrons. The number of hydrogen-bond acceptors (Lipinski definition) is 3. The van der Waals surface area contributed by atoms with Crippen LogP contribution in [0.4, 0.5) is 5.69 Å². The SMILES string of the molecule is NC(=S)c1ccc(Br)cc1NCC1CCCCS1. The lowest BCUT2D eigenvalue weighted by Crippen LogP contribution is -2.21. The molecule has 98 valence electrons. The van der Waals surface area contributed by atoms with Crippen LogP contribution < -0.4 is 11.1 Å². The van der Waals surface area contributed by atoms with Gasteiger partial charge in [0.25, 0.3) is 0 Å². The van der Waals surface area contributed by atoms with Crippen molar-refractivity contribution in [3.8, 4) is 0 Å². The minimum atomic E-state index is 0.446. The summed E-state index contributed by atoms with van der Waals surface area (Å²) in [7, 11) is 0.